The Morgan fingerprint density at radius 3 is 2.66 bits per heavy atom. The fourth-order valence-electron chi connectivity index (χ4n) is 3.83. The number of hydrogen-bond donors (Lipinski definition) is 1. The number of fused-ring (bicyclic) bond motifs is 1. The molecule has 0 radical (unpaired) electrons. The highest BCUT2D eigenvalue weighted by atomic mass is 32.1. The minimum atomic E-state index is 0.0782. The number of likely N-dealkylation sites (tertiary alicyclic amines) is 1. The van der Waals surface area contributed by atoms with Crippen LogP contribution in [0.15, 0.2) is 46.3 Å². The van der Waals surface area contributed by atoms with Crippen molar-refractivity contribution in [3.63, 3.8) is 0 Å². The second-order valence-electron chi connectivity index (χ2n) is 7.49. The topological polar surface area (TPSA) is 72.7 Å². The first-order chi connectivity index (χ1) is 14.2. The first-order valence-corrected chi connectivity index (χ1v) is 10.8. The van der Waals surface area contributed by atoms with E-state index in [1.807, 2.05) is 42.6 Å². The van der Waals surface area contributed by atoms with Crippen LogP contribution in [0.3, 0.4) is 0 Å². The van der Waals surface area contributed by atoms with E-state index in [-0.39, 0.29) is 18.2 Å². The summed E-state index contributed by atoms with van der Waals surface area (Å²) in [4.78, 5) is 12.4. The number of hydrogen-bond acceptors (Lipinski definition) is 8. The van der Waals surface area contributed by atoms with Gasteiger partial charge in [0.15, 0.2) is 0 Å². The third-order valence-corrected chi connectivity index (χ3v) is 6.19. The lowest BCUT2D eigenvalue weighted by Crippen LogP contribution is -2.31. The Bertz CT molecular complexity index is 915. The summed E-state index contributed by atoms with van der Waals surface area (Å²) in [6.45, 7) is 5.61. The molecule has 1 N–H and O–H groups in total. The van der Waals surface area contributed by atoms with Crippen LogP contribution >= 0.6 is 11.3 Å². The molecule has 0 spiro atoms. The molecule has 3 aromatic rings. The van der Waals surface area contributed by atoms with Crippen LogP contribution in [0, 0.1) is 6.92 Å². The largest absolute Gasteiger partial charge is 0.440 e. The Balaban J connectivity index is 1.18. The molecule has 0 aliphatic carbocycles. The van der Waals surface area contributed by atoms with Crippen molar-refractivity contribution >= 4 is 17.2 Å². The Morgan fingerprint density at radius 1 is 1.14 bits per heavy atom. The van der Waals surface area contributed by atoms with Gasteiger partial charge in [0.25, 0.3) is 0 Å². The van der Waals surface area contributed by atoms with Crippen LogP contribution in [0.1, 0.15) is 11.5 Å². The van der Waals surface area contributed by atoms with Crippen molar-refractivity contribution in [1.29, 1.82) is 0 Å². The fourth-order valence-corrected chi connectivity index (χ4v) is 4.48. The van der Waals surface area contributed by atoms with Crippen LogP contribution in [-0.2, 0) is 16.0 Å². The molecule has 8 heteroatoms. The van der Waals surface area contributed by atoms with Crippen molar-refractivity contribution in [2.45, 2.75) is 31.7 Å². The van der Waals surface area contributed by atoms with Gasteiger partial charge < -0.3 is 19.2 Å². The van der Waals surface area contributed by atoms with Crippen molar-refractivity contribution in [2.24, 2.45) is 0 Å². The molecule has 0 saturated carbocycles. The number of ether oxygens (including phenoxy) is 2. The number of pyridine rings is 1. The second kappa shape index (κ2) is 8.23. The summed E-state index contributed by atoms with van der Waals surface area (Å²) in [5.74, 6) is 2.43. The smallest absolute Gasteiger partial charge is 0.236 e. The van der Waals surface area contributed by atoms with Crippen LogP contribution in [-0.4, -0.2) is 59.4 Å². The first kappa shape index (κ1) is 18.7. The molecule has 5 heterocycles. The van der Waals surface area contributed by atoms with Crippen molar-refractivity contribution in [3.05, 3.63) is 53.4 Å². The van der Waals surface area contributed by atoms with Crippen molar-refractivity contribution in [1.82, 2.24) is 14.9 Å². The third kappa shape index (κ3) is 4.20. The van der Waals surface area contributed by atoms with Gasteiger partial charge in [-0.2, -0.15) is 0 Å². The summed E-state index contributed by atoms with van der Waals surface area (Å²) in [5, 5.41) is 5.42. The highest BCUT2D eigenvalue weighted by Crippen LogP contribution is 2.28. The number of aromatic nitrogens is 2. The summed E-state index contributed by atoms with van der Waals surface area (Å²) in [5.41, 5.74) is 0.986. The first-order valence-electron chi connectivity index (χ1n) is 9.88. The quantitative estimate of drug-likeness (QED) is 0.690. The minimum absolute atomic E-state index is 0.0782. The molecule has 29 heavy (non-hydrogen) atoms. The standard InChI is InChI=1S/C21H24N4O3S/c1-14-16(24-21(28-14)19-5-4-8-29-19)9-25-10-17-18(11-25)27-13-15(12-26-17)23-20-6-2-3-7-22-20/h2-8,15,17-18H,9-13H2,1H3,(H,22,23)/t17-,18-/m0/s1. The molecule has 2 aliphatic heterocycles. The van der Waals surface area contributed by atoms with Crippen LogP contribution in [0.2, 0.25) is 0 Å². The predicted octanol–water partition coefficient (Wildman–Crippen LogP) is 3.19. The molecule has 0 unspecified atom stereocenters. The third-order valence-electron chi connectivity index (χ3n) is 5.33. The van der Waals surface area contributed by atoms with Crippen LogP contribution in [0.4, 0.5) is 5.82 Å². The maximum absolute atomic E-state index is 6.17. The predicted molar refractivity (Wildman–Crippen MR) is 111 cm³/mol. The van der Waals surface area contributed by atoms with E-state index in [1.54, 1.807) is 17.5 Å². The highest BCUT2D eigenvalue weighted by Gasteiger charge is 2.37. The number of oxazole rings is 1. The van der Waals surface area contributed by atoms with Gasteiger partial charge in [0, 0.05) is 25.8 Å². The monoisotopic (exact) mass is 412 g/mol. The van der Waals surface area contributed by atoms with Gasteiger partial charge in [-0.3, -0.25) is 4.90 Å². The number of nitrogens with zero attached hydrogens (tertiary/aromatic N) is 3. The summed E-state index contributed by atoms with van der Waals surface area (Å²) >= 11 is 1.64. The van der Waals surface area contributed by atoms with E-state index in [9.17, 15) is 0 Å². The zero-order valence-electron chi connectivity index (χ0n) is 16.3. The molecule has 2 atom stereocenters. The van der Waals surface area contributed by atoms with Crippen molar-refractivity contribution in [3.8, 4) is 10.8 Å². The zero-order valence-corrected chi connectivity index (χ0v) is 17.1. The zero-order chi connectivity index (χ0) is 19.6. The molecule has 0 aromatic carbocycles. The maximum Gasteiger partial charge on any atom is 0.236 e. The van der Waals surface area contributed by atoms with Crippen LogP contribution < -0.4 is 5.32 Å². The SMILES string of the molecule is Cc1oc(-c2cccs2)nc1CN1C[C@@H]2OCC(Nc3ccccn3)CO[C@H]2C1. The van der Waals surface area contributed by atoms with Gasteiger partial charge in [0.05, 0.1) is 42.0 Å². The molecule has 2 aliphatic rings. The van der Waals surface area contributed by atoms with E-state index in [2.05, 4.69) is 15.2 Å². The van der Waals surface area contributed by atoms with Gasteiger partial charge in [0.2, 0.25) is 5.89 Å². The summed E-state index contributed by atoms with van der Waals surface area (Å²) in [7, 11) is 0. The Labute approximate surface area is 173 Å². The van der Waals surface area contributed by atoms with Gasteiger partial charge >= 0.3 is 0 Å². The lowest BCUT2D eigenvalue weighted by atomic mass is 10.3. The van der Waals surface area contributed by atoms with Gasteiger partial charge in [-0.1, -0.05) is 12.1 Å². The number of thiophene rings is 1. The summed E-state index contributed by atoms with van der Waals surface area (Å²) in [6.07, 6.45) is 1.94. The van der Waals surface area contributed by atoms with Crippen LogP contribution in [0.5, 0.6) is 0 Å². The average Bonchev–Trinajstić information content (AvgIpc) is 3.44. The van der Waals surface area contributed by atoms with Gasteiger partial charge in [0.1, 0.15) is 11.6 Å². The van der Waals surface area contributed by atoms with E-state index >= 15 is 0 Å². The van der Waals surface area contributed by atoms with Crippen molar-refractivity contribution < 1.29 is 13.9 Å². The van der Waals surface area contributed by atoms with Crippen molar-refractivity contribution in [2.75, 3.05) is 31.6 Å². The highest BCUT2D eigenvalue weighted by molar-refractivity contribution is 7.13. The van der Waals surface area contributed by atoms with Crippen LogP contribution in [0.25, 0.3) is 10.8 Å². The lowest BCUT2D eigenvalue weighted by molar-refractivity contribution is -0.00461. The molecule has 2 saturated heterocycles. The second-order valence-corrected chi connectivity index (χ2v) is 8.44. The van der Waals surface area contributed by atoms with Gasteiger partial charge in [-0.25, -0.2) is 9.97 Å². The van der Waals surface area contributed by atoms with E-state index in [1.165, 1.54) is 0 Å². The Kier molecular flexibility index (Phi) is 5.32. The Hall–Kier alpha value is -2.26. The molecule has 5 rings (SSSR count). The molecule has 0 bridgehead atoms. The number of aryl methyl sites for hydroxylation is 1. The molecule has 3 aromatic heterocycles. The molecule has 7 nitrogen and oxygen atoms in total. The number of anilines is 1. The van der Waals surface area contributed by atoms with E-state index < -0.39 is 0 Å². The molecular formula is C21H24N4O3S. The fraction of sp³-hybridized carbons (Fsp3) is 0.429. The minimum Gasteiger partial charge on any atom is -0.440 e. The van der Waals surface area contributed by atoms with E-state index in [0.29, 0.717) is 19.1 Å². The average molecular weight is 413 g/mol. The normalized spacial score (nSPS) is 23.1. The number of nitrogens with one attached hydrogen (secondary N) is 1. The van der Waals surface area contributed by atoms with E-state index in [0.717, 1.165) is 41.8 Å². The molecule has 0 amide bonds. The lowest BCUT2D eigenvalue weighted by Gasteiger charge is -2.19. The van der Waals surface area contributed by atoms with Gasteiger partial charge in [-0.05, 0) is 30.5 Å². The maximum atomic E-state index is 6.17. The Morgan fingerprint density at radius 2 is 1.97 bits per heavy atom. The molecule has 152 valence electrons. The van der Waals surface area contributed by atoms with E-state index in [4.69, 9.17) is 18.9 Å². The summed E-state index contributed by atoms with van der Waals surface area (Å²) < 4.78 is 18.2. The molecular weight excluding hydrogens is 388 g/mol. The van der Waals surface area contributed by atoms with Gasteiger partial charge in [-0.15, -0.1) is 11.3 Å². The molecule has 2 fully saturated rings. The number of rotatable bonds is 5. The summed E-state index contributed by atoms with van der Waals surface area (Å²) in [6, 6.07) is 9.98.